The Morgan fingerprint density at radius 2 is 0.582 bits per heavy atom. The topological polar surface area (TPSA) is 315 Å². The van der Waals surface area contributed by atoms with E-state index in [1.165, 1.54) is 74.3 Å². The van der Waals surface area contributed by atoms with Crippen LogP contribution in [0.4, 0.5) is 0 Å². The molecule has 0 saturated carbocycles. The van der Waals surface area contributed by atoms with Crippen LogP contribution in [0.5, 0.6) is 28.9 Å². The number of thioether (sulfide) groups is 1. The van der Waals surface area contributed by atoms with E-state index in [1.54, 1.807) is 6.07 Å². The number of aromatic nitrogens is 4. The molecule has 122 heavy (non-hydrogen) atoms. The second-order valence-corrected chi connectivity index (χ2v) is 33.6. The molecule has 4 aromatic heterocycles. The molecule has 0 spiro atoms. The lowest BCUT2D eigenvalue weighted by molar-refractivity contribution is -0.152. The molecule has 4 N–H and O–H groups in total. The molecular weight excluding hydrogens is 1580 g/mol. The Hall–Kier alpha value is -12.4. The van der Waals surface area contributed by atoms with Crippen molar-refractivity contribution >= 4 is 114 Å². The quantitative estimate of drug-likeness (QED) is 0.0185. The van der Waals surface area contributed by atoms with Crippen LogP contribution in [-0.2, 0) is 44.9 Å². The monoisotopic (exact) mass is 1690 g/mol. The van der Waals surface area contributed by atoms with E-state index in [0.717, 1.165) is 121 Å². The fraction of sp³-hybridized carbons (Fsp3) is 0.313. The molecule has 0 bridgehead atoms. The van der Waals surface area contributed by atoms with Crippen LogP contribution in [0.3, 0.4) is 0 Å². The second-order valence-electron chi connectivity index (χ2n) is 32.4. The Morgan fingerprint density at radius 1 is 0.336 bits per heavy atom. The molecule has 21 nitrogen and oxygen atoms in total. The minimum Gasteiger partial charge on any atom is -0.480 e. The zero-order valence-corrected chi connectivity index (χ0v) is 74.1. The third-order valence-electron chi connectivity index (χ3n) is 20.7. The average molecular weight is 1690 g/mol. The number of hydrogen-bond donors (Lipinski definition) is 4. The second kappa shape index (κ2) is 39.9. The fourth-order valence-corrected chi connectivity index (χ4v) is 14.7. The number of ether oxygens (including phenoxy) is 5. The Balaban J connectivity index is 0.000000185. The van der Waals surface area contributed by atoms with Gasteiger partial charge in [-0.3, -0.25) is 24.2 Å². The van der Waals surface area contributed by atoms with Gasteiger partial charge in [0.15, 0.2) is 45.5 Å². The SMILES string of the molecule is COc1nc2ccccc2cc1C(=O)CCc1cc(C)c(OC(C)(C)C(=O)O)c(C)c1.CSc1nc2ccccc2cc1C(=O)CCc1cc(C)c(OC(C)(C)C(=O)O)c(C)c1.Cc1cc(CCC(=O)c2cc3ccccc3nc2C)cc(C)c1OC(C)(C)C(=O)O.Cc1cc(CCC(=O)c2cc3ccccc3nc2Cl)cc(C)c1OC(C)(C)C(=O)O. The summed E-state index contributed by atoms with van der Waals surface area (Å²) < 4.78 is 28.4. The standard InChI is InChI=1S/C25H27NO5.C25H27NO4S.C25H27NO4.C24H24ClNO4/c1-15-12-17(13-16(2)22(15)31-25(3,4)24(28)29)10-11-21(27)19-14-18-8-6-7-9-20(18)26-23(19)30-5;1-15-12-17(13-16(2)22(15)30-25(3,4)24(28)29)10-11-21(27)19-14-18-8-6-7-9-20(18)26-23(19)31-5;1-15-12-18(13-16(2)23(15)30-25(4,5)24(28)29)10-11-22(27)20-14-19-8-6-7-9-21(19)26-17(20)3;1-14-11-16(12-15(2)21(14)30-24(3,4)23(28)29)9-10-20(27)18-13-17-7-5-6-8-19(17)26-22(18)25/h2*6-9,12-14H,10-11H2,1-5H3,(H,28,29);6-9,12-14H,10-11H2,1-5H3,(H,28,29);5-8,11-13H,9-10H2,1-4H3,(H,28,29). The number of carbonyl (C=O) groups is 8. The van der Waals surface area contributed by atoms with Gasteiger partial charge in [-0.25, -0.2) is 34.1 Å². The van der Waals surface area contributed by atoms with Gasteiger partial charge in [0.25, 0.3) is 0 Å². The molecule has 0 unspecified atom stereocenters. The maximum Gasteiger partial charge on any atom is 0.347 e. The Labute approximate surface area is 720 Å². The fourth-order valence-electron chi connectivity index (χ4n) is 13.8. The normalized spacial score (nSPS) is 11.5. The molecular formula is C99H105ClN4O17S. The predicted molar refractivity (Wildman–Crippen MR) is 479 cm³/mol. The summed E-state index contributed by atoms with van der Waals surface area (Å²) in [5, 5.41) is 41.9. The predicted octanol–water partition coefficient (Wildman–Crippen LogP) is 21.3. The van der Waals surface area contributed by atoms with Gasteiger partial charge < -0.3 is 44.1 Å². The van der Waals surface area contributed by atoms with Crippen molar-refractivity contribution < 1.29 is 82.5 Å². The van der Waals surface area contributed by atoms with Crippen molar-refractivity contribution in [3.8, 4) is 28.9 Å². The van der Waals surface area contributed by atoms with E-state index in [2.05, 4.69) is 19.9 Å². The minimum absolute atomic E-state index is 0.0438. The highest BCUT2D eigenvalue weighted by atomic mass is 35.5. The van der Waals surface area contributed by atoms with Crippen LogP contribution in [0.25, 0.3) is 43.6 Å². The van der Waals surface area contributed by atoms with E-state index in [0.29, 0.717) is 102 Å². The molecule has 0 aliphatic rings. The average Bonchev–Trinajstić information content (AvgIpc) is 0.817. The number of nitrogens with zero attached hydrogens (tertiary/aromatic N) is 4. The van der Waals surface area contributed by atoms with Crippen molar-refractivity contribution in [1.29, 1.82) is 0 Å². The molecule has 0 amide bonds. The third kappa shape index (κ3) is 23.6. The van der Waals surface area contributed by atoms with Crippen molar-refractivity contribution in [3.05, 3.63) is 270 Å². The Kier molecular flexibility index (Phi) is 30.5. The van der Waals surface area contributed by atoms with Crippen molar-refractivity contribution in [2.24, 2.45) is 0 Å². The van der Waals surface area contributed by atoms with Crippen LogP contribution in [0.2, 0.25) is 5.15 Å². The number of methoxy groups -OCH3 is 1. The third-order valence-corrected chi connectivity index (χ3v) is 21.7. The van der Waals surface area contributed by atoms with Crippen molar-refractivity contribution in [2.45, 2.75) is 197 Å². The number of halogens is 1. The number of para-hydroxylation sites is 4. The van der Waals surface area contributed by atoms with Crippen LogP contribution in [-0.4, -0.2) is 123 Å². The molecule has 12 rings (SSSR count). The van der Waals surface area contributed by atoms with Crippen molar-refractivity contribution in [3.63, 3.8) is 0 Å². The maximum atomic E-state index is 13.0. The Bertz CT molecular complexity index is 5570. The van der Waals surface area contributed by atoms with Gasteiger partial charge >= 0.3 is 23.9 Å². The van der Waals surface area contributed by atoms with Gasteiger partial charge in [0.05, 0.1) is 45.9 Å². The number of aryl methyl sites for hydroxylation is 13. The number of rotatable bonds is 30. The molecule has 0 radical (unpaired) electrons. The highest BCUT2D eigenvalue weighted by Gasteiger charge is 2.35. The van der Waals surface area contributed by atoms with E-state index in [4.69, 9.17) is 35.3 Å². The van der Waals surface area contributed by atoms with E-state index in [1.807, 2.05) is 232 Å². The molecule has 8 aromatic carbocycles. The number of benzene rings is 8. The first-order valence-corrected chi connectivity index (χ1v) is 41.5. The highest BCUT2D eigenvalue weighted by molar-refractivity contribution is 7.98. The van der Waals surface area contributed by atoms with E-state index < -0.39 is 46.3 Å². The summed E-state index contributed by atoms with van der Waals surface area (Å²) in [4.78, 5) is 115. The zero-order valence-electron chi connectivity index (χ0n) is 72.5. The molecule has 636 valence electrons. The molecule has 12 aromatic rings. The van der Waals surface area contributed by atoms with E-state index >= 15 is 0 Å². The van der Waals surface area contributed by atoms with Gasteiger partial charge in [-0.15, -0.1) is 11.8 Å². The number of pyridine rings is 4. The summed E-state index contributed by atoms with van der Waals surface area (Å²) in [5.41, 5.74) is 11.7. The lowest BCUT2D eigenvalue weighted by Gasteiger charge is -2.24. The summed E-state index contributed by atoms with van der Waals surface area (Å²) in [6.07, 6.45) is 5.52. The van der Waals surface area contributed by atoms with Crippen LogP contribution in [0.1, 0.15) is 195 Å². The number of aliphatic carboxylic acids is 4. The molecule has 0 fully saturated rings. The highest BCUT2D eigenvalue weighted by Crippen LogP contribution is 2.36. The summed E-state index contributed by atoms with van der Waals surface area (Å²) in [7, 11) is 1.51. The molecule has 0 aliphatic carbocycles. The first-order chi connectivity index (χ1) is 57.4. The summed E-state index contributed by atoms with van der Waals surface area (Å²) in [6.45, 7) is 29.1. The molecule has 0 aliphatic heterocycles. The van der Waals surface area contributed by atoms with Crippen LogP contribution >= 0.6 is 23.4 Å². The van der Waals surface area contributed by atoms with Crippen molar-refractivity contribution in [2.75, 3.05) is 13.4 Å². The summed E-state index contributed by atoms with van der Waals surface area (Å²) in [5.74, 6) is -1.49. The van der Waals surface area contributed by atoms with Crippen LogP contribution in [0.15, 0.2) is 175 Å². The zero-order chi connectivity index (χ0) is 89.6. The summed E-state index contributed by atoms with van der Waals surface area (Å²) >= 11 is 7.72. The molecule has 23 heteroatoms. The number of carbonyl (C=O) groups excluding carboxylic acids is 4. The minimum atomic E-state index is -1.33. The van der Waals surface area contributed by atoms with E-state index in [-0.39, 0.29) is 28.3 Å². The van der Waals surface area contributed by atoms with Gasteiger partial charge in [-0.05, 0) is 265 Å². The largest absolute Gasteiger partial charge is 0.480 e. The maximum absolute atomic E-state index is 13.0. The number of hydrogen-bond acceptors (Lipinski definition) is 18. The first-order valence-electron chi connectivity index (χ1n) is 39.9. The number of carboxylic acids is 4. The van der Waals surface area contributed by atoms with E-state index in [9.17, 15) is 58.8 Å². The van der Waals surface area contributed by atoms with Crippen molar-refractivity contribution in [1.82, 2.24) is 19.9 Å². The molecule has 0 atom stereocenters. The number of Topliss-reactive ketones (excluding diaryl/α,β-unsaturated/α-hetero) is 4. The number of ketones is 4. The Morgan fingerprint density at radius 3 is 0.885 bits per heavy atom. The van der Waals surface area contributed by atoms with Gasteiger partial charge in [0.2, 0.25) is 5.88 Å². The van der Waals surface area contributed by atoms with Gasteiger partial charge in [-0.1, -0.05) is 133 Å². The number of carboxylic acid groups (broad SMARTS) is 4. The first kappa shape index (κ1) is 93.5. The lowest BCUT2D eigenvalue weighted by atomic mass is 9.97. The lowest BCUT2D eigenvalue weighted by Crippen LogP contribution is -2.38. The molecule has 0 saturated heterocycles. The van der Waals surface area contributed by atoms with Gasteiger partial charge in [-0.2, -0.15) is 0 Å². The summed E-state index contributed by atoms with van der Waals surface area (Å²) in [6, 6.07) is 53.7. The van der Waals surface area contributed by atoms with Gasteiger partial charge in [0, 0.05) is 58.5 Å². The van der Waals surface area contributed by atoms with Gasteiger partial charge in [0.1, 0.15) is 33.2 Å². The number of fused-ring (bicyclic) bond motifs is 4. The van der Waals surface area contributed by atoms with Crippen LogP contribution in [0, 0.1) is 62.3 Å². The molecule has 4 heterocycles. The van der Waals surface area contributed by atoms with Crippen LogP contribution < -0.4 is 23.7 Å². The smallest absolute Gasteiger partial charge is 0.347 e.